The van der Waals surface area contributed by atoms with E-state index in [1.165, 1.54) is 0 Å². The van der Waals surface area contributed by atoms with Crippen molar-refractivity contribution in [2.24, 2.45) is 0 Å². The van der Waals surface area contributed by atoms with Gasteiger partial charge < -0.3 is 14.2 Å². The molecule has 1 atom stereocenters. The average Bonchev–Trinajstić information content (AvgIpc) is 2.86. The molecule has 1 aromatic rings. The SMILES string of the molecule is CC1CN(C(=O)CN2CCn3ccnc3C2)CCO1. The Morgan fingerprint density at radius 1 is 1.47 bits per heavy atom. The van der Waals surface area contributed by atoms with Gasteiger partial charge in [0, 0.05) is 38.6 Å². The molecule has 1 saturated heterocycles. The molecule has 3 heterocycles. The summed E-state index contributed by atoms with van der Waals surface area (Å²) in [6.07, 6.45) is 3.97. The van der Waals surface area contributed by atoms with E-state index >= 15 is 0 Å². The molecule has 0 bridgehead atoms. The third-order valence-corrected chi connectivity index (χ3v) is 3.78. The fraction of sp³-hybridized carbons (Fsp3) is 0.692. The van der Waals surface area contributed by atoms with Crippen LogP contribution in [0, 0.1) is 0 Å². The first kappa shape index (κ1) is 12.6. The summed E-state index contributed by atoms with van der Waals surface area (Å²) in [5, 5.41) is 0. The predicted molar refractivity (Wildman–Crippen MR) is 69.5 cm³/mol. The number of carbonyl (C=O) groups is 1. The Morgan fingerprint density at radius 3 is 3.21 bits per heavy atom. The Hall–Kier alpha value is -1.40. The minimum atomic E-state index is 0.151. The molecule has 0 saturated carbocycles. The lowest BCUT2D eigenvalue weighted by Crippen LogP contribution is -2.49. The largest absolute Gasteiger partial charge is 0.375 e. The van der Waals surface area contributed by atoms with E-state index in [4.69, 9.17) is 4.74 Å². The molecular weight excluding hydrogens is 244 g/mol. The van der Waals surface area contributed by atoms with Crippen molar-refractivity contribution < 1.29 is 9.53 Å². The zero-order valence-electron chi connectivity index (χ0n) is 11.3. The van der Waals surface area contributed by atoms with Crippen molar-refractivity contribution in [3.8, 4) is 0 Å². The molecule has 2 aliphatic heterocycles. The van der Waals surface area contributed by atoms with Gasteiger partial charge in [0.2, 0.25) is 5.91 Å². The first-order chi connectivity index (χ1) is 9.22. The number of fused-ring (bicyclic) bond motifs is 1. The summed E-state index contributed by atoms with van der Waals surface area (Å²) in [5.41, 5.74) is 0. The Bertz CT molecular complexity index is 459. The first-order valence-electron chi connectivity index (χ1n) is 6.84. The van der Waals surface area contributed by atoms with Crippen LogP contribution in [-0.4, -0.2) is 64.1 Å². The van der Waals surface area contributed by atoms with Crippen molar-refractivity contribution in [3.05, 3.63) is 18.2 Å². The molecule has 104 valence electrons. The number of morpholine rings is 1. The monoisotopic (exact) mass is 264 g/mol. The number of nitrogens with zero attached hydrogens (tertiary/aromatic N) is 4. The predicted octanol–water partition coefficient (Wildman–Crippen LogP) is -0.0540. The molecule has 6 heteroatoms. The summed E-state index contributed by atoms with van der Waals surface area (Å²) >= 11 is 0. The third kappa shape index (κ3) is 2.79. The van der Waals surface area contributed by atoms with Crippen molar-refractivity contribution in [1.29, 1.82) is 0 Å². The molecule has 0 radical (unpaired) electrons. The first-order valence-corrected chi connectivity index (χ1v) is 6.84. The number of hydrogen-bond donors (Lipinski definition) is 0. The molecule has 1 amide bonds. The van der Waals surface area contributed by atoms with Crippen LogP contribution in [0.2, 0.25) is 0 Å². The van der Waals surface area contributed by atoms with Crippen LogP contribution >= 0.6 is 0 Å². The second kappa shape index (κ2) is 5.30. The van der Waals surface area contributed by atoms with E-state index in [0.717, 1.165) is 25.5 Å². The van der Waals surface area contributed by atoms with Crippen molar-refractivity contribution in [2.75, 3.05) is 32.8 Å². The number of hydrogen-bond acceptors (Lipinski definition) is 4. The molecule has 0 spiro atoms. The standard InChI is InChI=1S/C13H20N4O2/c1-11-8-17(6-7-19-11)13(18)10-15-4-5-16-3-2-14-12(16)9-15/h2-3,11H,4-10H2,1H3. The summed E-state index contributed by atoms with van der Waals surface area (Å²) in [6.45, 7) is 7.16. The zero-order valence-corrected chi connectivity index (χ0v) is 11.3. The van der Waals surface area contributed by atoms with Gasteiger partial charge in [-0.05, 0) is 6.92 Å². The molecule has 1 fully saturated rings. The van der Waals surface area contributed by atoms with E-state index in [1.54, 1.807) is 0 Å². The van der Waals surface area contributed by atoms with Gasteiger partial charge in [-0.1, -0.05) is 0 Å². The summed E-state index contributed by atoms with van der Waals surface area (Å²) in [5.74, 6) is 1.25. The lowest BCUT2D eigenvalue weighted by atomic mass is 10.2. The van der Waals surface area contributed by atoms with Gasteiger partial charge in [0.25, 0.3) is 0 Å². The fourth-order valence-corrected chi connectivity index (χ4v) is 2.69. The maximum absolute atomic E-state index is 12.3. The zero-order chi connectivity index (χ0) is 13.2. The molecule has 3 rings (SSSR count). The summed E-state index contributed by atoms with van der Waals surface area (Å²) in [7, 11) is 0. The number of aromatic nitrogens is 2. The summed E-state index contributed by atoms with van der Waals surface area (Å²) in [6, 6.07) is 0. The maximum atomic E-state index is 12.3. The maximum Gasteiger partial charge on any atom is 0.236 e. The average molecular weight is 264 g/mol. The summed E-state index contributed by atoms with van der Waals surface area (Å²) in [4.78, 5) is 20.7. The number of rotatable bonds is 2. The highest BCUT2D eigenvalue weighted by atomic mass is 16.5. The molecule has 0 N–H and O–H groups in total. The Morgan fingerprint density at radius 2 is 2.37 bits per heavy atom. The highest BCUT2D eigenvalue weighted by Crippen LogP contribution is 2.11. The molecular formula is C13H20N4O2. The fourth-order valence-electron chi connectivity index (χ4n) is 2.69. The number of amides is 1. The smallest absolute Gasteiger partial charge is 0.236 e. The molecule has 1 unspecified atom stereocenters. The van der Waals surface area contributed by atoms with Crippen LogP contribution in [0.15, 0.2) is 12.4 Å². The van der Waals surface area contributed by atoms with Gasteiger partial charge in [0.1, 0.15) is 5.82 Å². The molecule has 0 aliphatic carbocycles. The van der Waals surface area contributed by atoms with Gasteiger partial charge in [-0.3, -0.25) is 9.69 Å². The minimum absolute atomic E-state index is 0.151. The lowest BCUT2D eigenvalue weighted by molar-refractivity contribution is -0.139. The molecule has 19 heavy (non-hydrogen) atoms. The Labute approximate surface area is 113 Å². The van der Waals surface area contributed by atoms with E-state index in [0.29, 0.717) is 26.2 Å². The van der Waals surface area contributed by atoms with E-state index in [9.17, 15) is 4.79 Å². The summed E-state index contributed by atoms with van der Waals surface area (Å²) < 4.78 is 7.61. The van der Waals surface area contributed by atoms with Gasteiger partial charge in [-0.25, -0.2) is 4.98 Å². The minimum Gasteiger partial charge on any atom is -0.375 e. The van der Waals surface area contributed by atoms with Gasteiger partial charge in [0.05, 0.1) is 25.8 Å². The number of ether oxygens (including phenoxy) is 1. The Balaban J connectivity index is 1.56. The lowest BCUT2D eigenvalue weighted by Gasteiger charge is -2.34. The van der Waals surface area contributed by atoms with E-state index in [2.05, 4.69) is 14.5 Å². The highest BCUT2D eigenvalue weighted by Gasteiger charge is 2.24. The normalized spacial score (nSPS) is 24.3. The molecule has 0 aromatic carbocycles. The molecule has 6 nitrogen and oxygen atoms in total. The van der Waals surface area contributed by atoms with Crippen LogP contribution in [0.25, 0.3) is 0 Å². The van der Waals surface area contributed by atoms with E-state index < -0.39 is 0 Å². The van der Waals surface area contributed by atoms with Crippen molar-refractivity contribution >= 4 is 5.91 Å². The second-order valence-electron chi connectivity index (χ2n) is 5.27. The van der Waals surface area contributed by atoms with E-state index in [1.807, 2.05) is 24.2 Å². The van der Waals surface area contributed by atoms with Crippen LogP contribution in [0.3, 0.4) is 0 Å². The van der Waals surface area contributed by atoms with Gasteiger partial charge in [-0.15, -0.1) is 0 Å². The van der Waals surface area contributed by atoms with Crippen LogP contribution in [0.5, 0.6) is 0 Å². The van der Waals surface area contributed by atoms with Gasteiger partial charge in [-0.2, -0.15) is 0 Å². The number of imidazole rings is 1. The van der Waals surface area contributed by atoms with Crippen LogP contribution in [0.1, 0.15) is 12.7 Å². The van der Waals surface area contributed by atoms with Crippen LogP contribution in [-0.2, 0) is 22.6 Å². The van der Waals surface area contributed by atoms with E-state index in [-0.39, 0.29) is 12.0 Å². The highest BCUT2D eigenvalue weighted by molar-refractivity contribution is 5.78. The quantitative estimate of drug-likeness (QED) is 0.751. The topological polar surface area (TPSA) is 50.6 Å². The second-order valence-corrected chi connectivity index (χ2v) is 5.27. The Kier molecular flexibility index (Phi) is 3.52. The van der Waals surface area contributed by atoms with Crippen molar-refractivity contribution in [1.82, 2.24) is 19.4 Å². The van der Waals surface area contributed by atoms with Crippen LogP contribution < -0.4 is 0 Å². The van der Waals surface area contributed by atoms with Crippen LogP contribution in [0.4, 0.5) is 0 Å². The third-order valence-electron chi connectivity index (χ3n) is 3.78. The number of carbonyl (C=O) groups excluding carboxylic acids is 1. The van der Waals surface area contributed by atoms with Gasteiger partial charge >= 0.3 is 0 Å². The van der Waals surface area contributed by atoms with Gasteiger partial charge in [0.15, 0.2) is 0 Å². The molecule has 2 aliphatic rings. The molecule has 1 aromatic heterocycles. The van der Waals surface area contributed by atoms with Crippen molar-refractivity contribution in [2.45, 2.75) is 26.1 Å². The van der Waals surface area contributed by atoms with Crippen molar-refractivity contribution in [3.63, 3.8) is 0 Å².